The van der Waals surface area contributed by atoms with Crippen molar-refractivity contribution < 1.29 is 4.79 Å². The molecule has 0 saturated carbocycles. The SMILES string of the molecule is CC(C(=O)N1CCNCC1)N1CCN2CCCCC2C1. The van der Waals surface area contributed by atoms with Crippen LogP contribution in [0.15, 0.2) is 0 Å². The van der Waals surface area contributed by atoms with Gasteiger partial charge in [0, 0.05) is 51.9 Å². The third kappa shape index (κ3) is 3.00. The highest BCUT2D eigenvalue weighted by atomic mass is 16.2. The smallest absolute Gasteiger partial charge is 0.239 e. The van der Waals surface area contributed by atoms with Gasteiger partial charge in [-0.15, -0.1) is 0 Å². The summed E-state index contributed by atoms with van der Waals surface area (Å²) in [5.41, 5.74) is 0. The van der Waals surface area contributed by atoms with Gasteiger partial charge in [-0.3, -0.25) is 14.6 Å². The van der Waals surface area contributed by atoms with Crippen LogP contribution < -0.4 is 5.32 Å². The largest absolute Gasteiger partial charge is 0.339 e. The fourth-order valence-electron chi connectivity index (χ4n) is 3.84. The molecule has 1 N–H and O–H groups in total. The Labute approximate surface area is 122 Å². The lowest BCUT2D eigenvalue weighted by Crippen LogP contribution is -2.60. The van der Waals surface area contributed by atoms with Gasteiger partial charge in [-0.05, 0) is 26.3 Å². The zero-order chi connectivity index (χ0) is 13.9. The number of piperazine rings is 2. The van der Waals surface area contributed by atoms with Gasteiger partial charge >= 0.3 is 0 Å². The van der Waals surface area contributed by atoms with Crippen LogP contribution in [0.25, 0.3) is 0 Å². The number of hydrogen-bond acceptors (Lipinski definition) is 4. The molecule has 5 heteroatoms. The summed E-state index contributed by atoms with van der Waals surface area (Å²) >= 11 is 0. The quantitative estimate of drug-likeness (QED) is 0.771. The zero-order valence-corrected chi connectivity index (χ0v) is 12.7. The molecule has 3 aliphatic heterocycles. The summed E-state index contributed by atoms with van der Waals surface area (Å²) in [4.78, 5) is 19.7. The Balaban J connectivity index is 1.56. The topological polar surface area (TPSA) is 38.8 Å². The van der Waals surface area contributed by atoms with Gasteiger partial charge in [-0.25, -0.2) is 0 Å². The maximum absolute atomic E-state index is 12.6. The highest BCUT2D eigenvalue weighted by Crippen LogP contribution is 2.22. The summed E-state index contributed by atoms with van der Waals surface area (Å²) in [6, 6.07) is 0.743. The normalized spacial score (nSPS) is 30.9. The van der Waals surface area contributed by atoms with E-state index in [2.05, 4.69) is 22.0 Å². The first-order valence-corrected chi connectivity index (χ1v) is 8.23. The van der Waals surface area contributed by atoms with Crippen LogP contribution >= 0.6 is 0 Å². The Morgan fingerprint density at radius 2 is 1.90 bits per heavy atom. The fraction of sp³-hybridized carbons (Fsp3) is 0.933. The third-order valence-corrected chi connectivity index (χ3v) is 5.20. The molecule has 3 rings (SSSR count). The molecule has 0 aromatic heterocycles. The Hall–Kier alpha value is -0.650. The van der Waals surface area contributed by atoms with Crippen molar-refractivity contribution in [2.24, 2.45) is 0 Å². The highest BCUT2D eigenvalue weighted by Gasteiger charge is 2.34. The summed E-state index contributed by atoms with van der Waals surface area (Å²) in [5.74, 6) is 0.329. The van der Waals surface area contributed by atoms with Gasteiger partial charge in [-0.1, -0.05) is 6.42 Å². The van der Waals surface area contributed by atoms with Crippen molar-refractivity contribution in [2.75, 3.05) is 52.4 Å². The maximum atomic E-state index is 12.6. The minimum absolute atomic E-state index is 0.0529. The van der Waals surface area contributed by atoms with Crippen LogP contribution in [0.4, 0.5) is 0 Å². The second-order valence-corrected chi connectivity index (χ2v) is 6.43. The molecular weight excluding hydrogens is 252 g/mol. The van der Waals surface area contributed by atoms with Crippen LogP contribution in [0, 0.1) is 0 Å². The first kappa shape index (κ1) is 14.3. The van der Waals surface area contributed by atoms with Gasteiger partial charge in [0.1, 0.15) is 0 Å². The second kappa shape index (κ2) is 6.41. The Morgan fingerprint density at radius 1 is 1.10 bits per heavy atom. The highest BCUT2D eigenvalue weighted by molar-refractivity contribution is 5.81. The molecule has 1 amide bonds. The maximum Gasteiger partial charge on any atom is 0.239 e. The lowest BCUT2D eigenvalue weighted by atomic mass is 9.98. The number of fused-ring (bicyclic) bond motifs is 1. The van der Waals surface area contributed by atoms with E-state index in [9.17, 15) is 4.79 Å². The van der Waals surface area contributed by atoms with Crippen LogP contribution in [0.1, 0.15) is 26.2 Å². The number of carbonyl (C=O) groups is 1. The average Bonchev–Trinajstić information content (AvgIpc) is 2.54. The van der Waals surface area contributed by atoms with Crippen molar-refractivity contribution in [3.63, 3.8) is 0 Å². The van der Waals surface area contributed by atoms with E-state index < -0.39 is 0 Å². The summed E-state index contributed by atoms with van der Waals surface area (Å²) in [6.45, 7) is 10.3. The molecule has 5 nitrogen and oxygen atoms in total. The van der Waals surface area contributed by atoms with E-state index in [1.165, 1.54) is 25.8 Å². The zero-order valence-electron chi connectivity index (χ0n) is 12.7. The van der Waals surface area contributed by atoms with Gasteiger partial charge in [0.25, 0.3) is 0 Å². The number of hydrogen-bond donors (Lipinski definition) is 1. The molecule has 2 atom stereocenters. The van der Waals surface area contributed by atoms with Crippen molar-refractivity contribution in [1.82, 2.24) is 20.0 Å². The van der Waals surface area contributed by atoms with E-state index in [0.29, 0.717) is 11.9 Å². The van der Waals surface area contributed by atoms with Crippen molar-refractivity contribution in [2.45, 2.75) is 38.3 Å². The van der Waals surface area contributed by atoms with Gasteiger partial charge < -0.3 is 10.2 Å². The summed E-state index contributed by atoms with van der Waals surface area (Å²) in [6.07, 6.45) is 4.02. The minimum Gasteiger partial charge on any atom is -0.339 e. The second-order valence-electron chi connectivity index (χ2n) is 6.43. The van der Waals surface area contributed by atoms with Gasteiger partial charge in [-0.2, -0.15) is 0 Å². The molecule has 3 fully saturated rings. The molecule has 0 bridgehead atoms. The molecule has 0 radical (unpaired) electrons. The van der Waals surface area contributed by atoms with Crippen LogP contribution in [-0.2, 0) is 4.79 Å². The molecule has 3 heterocycles. The molecule has 0 spiro atoms. The first-order chi connectivity index (χ1) is 9.75. The standard InChI is InChI=1S/C15H28N4O/c1-13(15(20)18-8-5-16-6-9-18)19-11-10-17-7-3-2-4-14(17)12-19/h13-14,16H,2-12H2,1H3. The molecule has 3 saturated heterocycles. The van der Waals surface area contributed by atoms with E-state index in [1.54, 1.807) is 0 Å². The third-order valence-electron chi connectivity index (χ3n) is 5.20. The van der Waals surface area contributed by atoms with E-state index in [0.717, 1.165) is 45.8 Å². The van der Waals surface area contributed by atoms with Crippen molar-refractivity contribution in [3.8, 4) is 0 Å². The fourth-order valence-corrected chi connectivity index (χ4v) is 3.84. The van der Waals surface area contributed by atoms with Crippen molar-refractivity contribution in [1.29, 1.82) is 0 Å². The number of nitrogens with one attached hydrogen (secondary N) is 1. The lowest BCUT2D eigenvalue weighted by molar-refractivity contribution is -0.138. The molecular formula is C15H28N4O. The van der Waals surface area contributed by atoms with Crippen LogP contribution in [-0.4, -0.2) is 85.0 Å². The Morgan fingerprint density at radius 3 is 2.70 bits per heavy atom. The number of amides is 1. The van der Waals surface area contributed by atoms with Crippen LogP contribution in [0.3, 0.4) is 0 Å². The predicted octanol–water partition coefficient (Wildman–Crippen LogP) is -0.0232. The van der Waals surface area contributed by atoms with Gasteiger partial charge in [0.2, 0.25) is 5.91 Å². The first-order valence-electron chi connectivity index (χ1n) is 8.23. The number of carbonyl (C=O) groups excluding carboxylic acids is 1. The Bertz CT molecular complexity index is 343. The van der Waals surface area contributed by atoms with Gasteiger partial charge in [0.15, 0.2) is 0 Å². The van der Waals surface area contributed by atoms with Crippen molar-refractivity contribution >= 4 is 5.91 Å². The molecule has 20 heavy (non-hydrogen) atoms. The predicted molar refractivity (Wildman–Crippen MR) is 79.7 cm³/mol. The number of nitrogens with zero attached hydrogens (tertiary/aromatic N) is 3. The summed E-state index contributed by atoms with van der Waals surface area (Å²) < 4.78 is 0. The van der Waals surface area contributed by atoms with Gasteiger partial charge in [0.05, 0.1) is 6.04 Å². The molecule has 0 aliphatic carbocycles. The molecule has 0 aromatic rings. The van der Waals surface area contributed by atoms with E-state index >= 15 is 0 Å². The molecule has 2 unspecified atom stereocenters. The lowest BCUT2D eigenvalue weighted by Gasteiger charge is -2.46. The monoisotopic (exact) mass is 280 g/mol. The molecule has 3 aliphatic rings. The Kier molecular flexibility index (Phi) is 4.58. The van der Waals surface area contributed by atoms with E-state index in [-0.39, 0.29) is 6.04 Å². The summed E-state index contributed by atoms with van der Waals surface area (Å²) in [7, 11) is 0. The molecule has 0 aromatic carbocycles. The minimum atomic E-state index is 0.0529. The average molecular weight is 280 g/mol. The number of rotatable bonds is 2. The number of piperidine rings is 1. The molecule has 114 valence electrons. The van der Waals surface area contributed by atoms with E-state index in [4.69, 9.17) is 0 Å². The van der Waals surface area contributed by atoms with Crippen LogP contribution in [0.5, 0.6) is 0 Å². The van der Waals surface area contributed by atoms with Crippen molar-refractivity contribution in [3.05, 3.63) is 0 Å². The van der Waals surface area contributed by atoms with E-state index in [1.807, 2.05) is 4.90 Å². The van der Waals surface area contributed by atoms with Crippen LogP contribution in [0.2, 0.25) is 0 Å². The summed E-state index contributed by atoms with van der Waals surface area (Å²) in [5, 5.41) is 3.31.